The van der Waals surface area contributed by atoms with Gasteiger partial charge in [0.1, 0.15) is 0 Å². The van der Waals surface area contributed by atoms with E-state index in [1.165, 1.54) is 0 Å². The van der Waals surface area contributed by atoms with Gasteiger partial charge >= 0.3 is 5.97 Å². The lowest BCUT2D eigenvalue weighted by Gasteiger charge is -2.30. The summed E-state index contributed by atoms with van der Waals surface area (Å²) in [5.74, 6) is -0.661. The highest BCUT2D eigenvalue weighted by Crippen LogP contribution is 2.43. The second-order valence-corrected chi connectivity index (χ2v) is 11.1. The van der Waals surface area contributed by atoms with E-state index in [-0.39, 0.29) is 31.8 Å². The number of benzene rings is 2. The third kappa shape index (κ3) is 7.13. The van der Waals surface area contributed by atoms with Gasteiger partial charge in [-0.25, -0.2) is 0 Å². The highest BCUT2D eigenvalue weighted by atomic mass is 16.7. The molecule has 2 aromatic rings. The number of hydrogen-bond acceptors (Lipinski definition) is 7. The number of carbonyl (C=O) groups is 2. The number of unbranched alkanes of at least 4 members (excludes halogenated alkanes) is 1. The SMILES string of the molecule is CCCCN(CCCN(C)C)C(=O)CN1C[C@H](c2ccc3c(c2)OCO3)[C@@H](C(=O)O)[C@@H]1Cc1ccccc1CO. The van der Waals surface area contributed by atoms with Crippen molar-refractivity contribution in [2.24, 2.45) is 5.92 Å². The van der Waals surface area contributed by atoms with Crippen molar-refractivity contribution >= 4 is 11.9 Å². The van der Waals surface area contributed by atoms with Crippen molar-refractivity contribution in [3.05, 3.63) is 59.2 Å². The highest BCUT2D eigenvalue weighted by Gasteiger charge is 2.47. The van der Waals surface area contributed by atoms with E-state index in [2.05, 4.69) is 16.7 Å². The number of aliphatic carboxylic acids is 1. The van der Waals surface area contributed by atoms with Gasteiger partial charge in [0.2, 0.25) is 12.7 Å². The first-order valence-corrected chi connectivity index (χ1v) is 14.3. The van der Waals surface area contributed by atoms with Gasteiger partial charge in [-0.05, 0) is 68.7 Å². The van der Waals surface area contributed by atoms with Crippen LogP contribution in [0.25, 0.3) is 0 Å². The third-order valence-corrected chi connectivity index (χ3v) is 8.08. The molecule has 2 aliphatic heterocycles. The van der Waals surface area contributed by atoms with Crippen LogP contribution in [0.1, 0.15) is 48.8 Å². The van der Waals surface area contributed by atoms with Crippen LogP contribution in [0.15, 0.2) is 42.5 Å². The van der Waals surface area contributed by atoms with Gasteiger partial charge in [0.05, 0.1) is 19.1 Å². The summed E-state index contributed by atoms with van der Waals surface area (Å²) >= 11 is 0. The Morgan fingerprint density at radius 3 is 2.42 bits per heavy atom. The van der Waals surface area contributed by atoms with Crippen LogP contribution in [0.4, 0.5) is 0 Å². The fourth-order valence-corrected chi connectivity index (χ4v) is 5.93. The Hall–Kier alpha value is -3.14. The molecule has 9 nitrogen and oxygen atoms in total. The lowest BCUT2D eigenvalue weighted by atomic mass is 9.82. The maximum atomic E-state index is 13.7. The number of carboxylic acid groups (broad SMARTS) is 1. The van der Waals surface area contributed by atoms with Gasteiger partial charge < -0.3 is 29.5 Å². The minimum atomic E-state index is -0.891. The minimum absolute atomic E-state index is 0.0307. The van der Waals surface area contributed by atoms with E-state index in [1.54, 1.807) is 0 Å². The number of ether oxygens (including phenoxy) is 2. The van der Waals surface area contributed by atoms with Gasteiger partial charge in [0.15, 0.2) is 11.5 Å². The molecule has 2 N–H and O–H groups in total. The Labute approximate surface area is 237 Å². The zero-order chi connectivity index (χ0) is 28.6. The molecule has 4 rings (SSSR count). The molecule has 0 aliphatic carbocycles. The van der Waals surface area contributed by atoms with Crippen molar-refractivity contribution < 1.29 is 29.3 Å². The van der Waals surface area contributed by atoms with E-state index in [0.717, 1.165) is 42.5 Å². The van der Waals surface area contributed by atoms with Crippen LogP contribution in [-0.2, 0) is 22.6 Å². The number of nitrogens with zero attached hydrogens (tertiary/aromatic N) is 3. The number of likely N-dealkylation sites (tertiary alicyclic amines) is 1. The van der Waals surface area contributed by atoms with Crippen molar-refractivity contribution in [1.82, 2.24) is 14.7 Å². The van der Waals surface area contributed by atoms with Crippen LogP contribution in [0, 0.1) is 5.92 Å². The Morgan fingerprint density at radius 1 is 1.00 bits per heavy atom. The van der Waals surface area contributed by atoms with Crippen LogP contribution < -0.4 is 9.47 Å². The average Bonchev–Trinajstić information content (AvgIpc) is 3.55. The molecule has 1 fully saturated rings. The summed E-state index contributed by atoms with van der Waals surface area (Å²) in [5, 5.41) is 20.5. The maximum Gasteiger partial charge on any atom is 0.308 e. The molecule has 0 aromatic heterocycles. The van der Waals surface area contributed by atoms with Crippen LogP contribution in [0.2, 0.25) is 0 Å². The summed E-state index contributed by atoms with van der Waals surface area (Å²) in [5.41, 5.74) is 2.54. The number of aliphatic hydroxyl groups excluding tert-OH is 1. The van der Waals surface area contributed by atoms with E-state index in [4.69, 9.17) is 9.47 Å². The van der Waals surface area contributed by atoms with E-state index in [0.29, 0.717) is 37.6 Å². The number of rotatable bonds is 14. The topological polar surface area (TPSA) is 103 Å². The van der Waals surface area contributed by atoms with Gasteiger partial charge in [-0.15, -0.1) is 0 Å². The Morgan fingerprint density at radius 2 is 1.73 bits per heavy atom. The van der Waals surface area contributed by atoms with Crippen molar-refractivity contribution in [3.63, 3.8) is 0 Å². The Bertz CT molecular complexity index is 1160. The monoisotopic (exact) mass is 553 g/mol. The predicted molar refractivity (Wildman–Crippen MR) is 153 cm³/mol. The fraction of sp³-hybridized carbons (Fsp3) is 0.548. The Balaban J connectivity index is 1.63. The molecule has 1 amide bonds. The van der Waals surface area contributed by atoms with Crippen molar-refractivity contribution in [2.75, 3.05) is 53.6 Å². The third-order valence-electron chi connectivity index (χ3n) is 8.08. The first-order chi connectivity index (χ1) is 19.3. The molecular formula is C31H43N3O6. The first-order valence-electron chi connectivity index (χ1n) is 14.3. The molecule has 2 aliphatic rings. The largest absolute Gasteiger partial charge is 0.481 e. The maximum absolute atomic E-state index is 13.7. The lowest BCUT2D eigenvalue weighted by molar-refractivity contribution is -0.143. The normalized spacial score (nSPS) is 20.3. The van der Waals surface area contributed by atoms with Gasteiger partial charge in [-0.3, -0.25) is 14.5 Å². The number of fused-ring (bicyclic) bond motifs is 1. The molecule has 1 saturated heterocycles. The van der Waals surface area contributed by atoms with Crippen LogP contribution in [-0.4, -0.2) is 96.4 Å². The van der Waals surface area contributed by atoms with Crippen LogP contribution in [0.5, 0.6) is 11.5 Å². The van der Waals surface area contributed by atoms with E-state index < -0.39 is 17.9 Å². The van der Waals surface area contributed by atoms with Gasteiger partial charge in [0.25, 0.3) is 0 Å². The molecule has 2 heterocycles. The predicted octanol–water partition coefficient (Wildman–Crippen LogP) is 3.20. The zero-order valence-electron chi connectivity index (χ0n) is 23.9. The molecule has 0 spiro atoms. The molecule has 0 unspecified atom stereocenters. The molecule has 218 valence electrons. The summed E-state index contributed by atoms with van der Waals surface area (Å²) in [7, 11) is 4.05. The fourth-order valence-electron chi connectivity index (χ4n) is 5.93. The lowest BCUT2D eigenvalue weighted by Crippen LogP contribution is -2.45. The summed E-state index contributed by atoms with van der Waals surface area (Å²) in [6.45, 7) is 5.00. The van der Waals surface area contributed by atoms with Gasteiger partial charge in [-0.1, -0.05) is 43.7 Å². The second kappa shape index (κ2) is 14.0. The first kappa shape index (κ1) is 29.8. The summed E-state index contributed by atoms with van der Waals surface area (Å²) in [4.78, 5) is 32.7. The molecule has 3 atom stereocenters. The van der Waals surface area contributed by atoms with Crippen molar-refractivity contribution in [3.8, 4) is 11.5 Å². The molecule has 0 saturated carbocycles. The summed E-state index contributed by atoms with van der Waals surface area (Å²) < 4.78 is 11.1. The molecule has 0 bridgehead atoms. The molecule has 2 aromatic carbocycles. The average molecular weight is 554 g/mol. The van der Waals surface area contributed by atoms with Crippen molar-refractivity contribution in [1.29, 1.82) is 0 Å². The number of aliphatic hydroxyl groups is 1. The number of hydrogen-bond donors (Lipinski definition) is 2. The Kier molecular flexibility index (Phi) is 10.4. The smallest absolute Gasteiger partial charge is 0.308 e. The van der Waals surface area contributed by atoms with Gasteiger partial charge in [0, 0.05) is 31.6 Å². The van der Waals surface area contributed by atoms with Crippen molar-refractivity contribution in [2.45, 2.75) is 51.2 Å². The number of carbonyl (C=O) groups excluding carboxylic acids is 1. The minimum Gasteiger partial charge on any atom is -0.481 e. The number of amides is 1. The standard InChI is InChI=1S/C31H43N3O6/c1-4-5-14-33(15-8-13-32(2)3)29(36)19-34-18-25(23-11-12-27-28(17-23)40-21-39-27)30(31(37)38)26(34)16-22-9-6-7-10-24(22)20-35/h6-7,9-12,17,25-26,30,35H,4-5,8,13-16,18-21H2,1-3H3,(H,37,38)/t25-,26+,30-/m1/s1. The van der Waals surface area contributed by atoms with E-state index >= 15 is 0 Å². The summed E-state index contributed by atoms with van der Waals surface area (Å²) in [6, 6.07) is 12.8. The second-order valence-electron chi connectivity index (χ2n) is 11.1. The zero-order valence-corrected chi connectivity index (χ0v) is 23.9. The molecule has 9 heteroatoms. The van der Waals surface area contributed by atoms with E-state index in [9.17, 15) is 19.8 Å². The van der Waals surface area contributed by atoms with Crippen LogP contribution in [0.3, 0.4) is 0 Å². The summed E-state index contributed by atoms with van der Waals surface area (Å²) in [6.07, 6.45) is 3.23. The highest BCUT2D eigenvalue weighted by molar-refractivity contribution is 5.79. The molecular weight excluding hydrogens is 510 g/mol. The molecule has 40 heavy (non-hydrogen) atoms. The quantitative estimate of drug-likeness (QED) is 0.368. The van der Waals surface area contributed by atoms with E-state index in [1.807, 2.05) is 61.5 Å². The number of carboxylic acids is 1. The van der Waals surface area contributed by atoms with Gasteiger partial charge in [-0.2, -0.15) is 0 Å². The molecule has 0 radical (unpaired) electrons. The van der Waals surface area contributed by atoms with Crippen LogP contribution >= 0.6 is 0 Å².